The van der Waals surface area contributed by atoms with Crippen LogP contribution in [-0.4, -0.2) is 12.4 Å². The number of Topliss-reactive ketones (excluding diaryl/α,β-unsaturated/α-hetero) is 1. The molecule has 0 heterocycles. The summed E-state index contributed by atoms with van der Waals surface area (Å²) in [5.74, 6) is 0.559. The van der Waals surface area contributed by atoms with Crippen molar-refractivity contribution >= 4 is 29.0 Å². The molecule has 2 nitrogen and oxygen atoms in total. The fourth-order valence-electron chi connectivity index (χ4n) is 1.78. The second-order valence-electron chi connectivity index (χ2n) is 4.33. The van der Waals surface area contributed by atoms with Crippen LogP contribution in [0.4, 0.5) is 0 Å². The molecule has 2 rings (SSSR count). The maximum absolute atomic E-state index is 12.0. The molecule has 0 atom stereocenters. The number of carbonyl (C=O) groups excluding carboxylic acids is 1. The third-order valence-corrected chi connectivity index (χ3v) is 3.55. The van der Waals surface area contributed by atoms with E-state index in [9.17, 15) is 4.79 Å². The zero-order valence-electron chi connectivity index (χ0n) is 11.0. The first-order chi connectivity index (χ1) is 9.60. The second kappa shape index (κ2) is 6.78. The molecule has 2 aromatic rings. The Bertz CT molecular complexity index is 606. The van der Waals surface area contributed by atoms with Gasteiger partial charge in [0.05, 0.1) is 0 Å². The summed E-state index contributed by atoms with van der Waals surface area (Å²) in [6, 6.07) is 12.1. The third kappa shape index (κ3) is 3.75. The van der Waals surface area contributed by atoms with Gasteiger partial charge in [0.25, 0.3) is 0 Å². The minimum absolute atomic E-state index is 0.00752. The van der Waals surface area contributed by atoms with Crippen LogP contribution in [0, 0.1) is 0 Å². The maximum atomic E-state index is 12.0. The Labute approximate surface area is 128 Å². The molecule has 0 radical (unpaired) electrons. The Balaban J connectivity index is 2.01. The predicted octanol–water partition coefficient (Wildman–Crippen LogP) is 4.82. The highest BCUT2D eigenvalue weighted by Gasteiger charge is 2.07. The van der Waals surface area contributed by atoms with E-state index in [2.05, 4.69) is 0 Å². The van der Waals surface area contributed by atoms with E-state index >= 15 is 0 Å². The van der Waals surface area contributed by atoms with Gasteiger partial charge < -0.3 is 4.74 Å². The Hall–Kier alpha value is -1.51. The molecule has 0 saturated heterocycles. The van der Waals surface area contributed by atoms with Gasteiger partial charge in [-0.25, -0.2) is 0 Å². The number of carbonyl (C=O) groups is 1. The molecule has 0 spiro atoms. The lowest BCUT2D eigenvalue weighted by atomic mass is 10.1. The van der Waals surface area contributed by atoms with Crippen LogP contribution < -0.4 is 4.74 Å². The summed E-state index contributed by atoms with van der Waals surface area (Å²) >= 11 is 11.8. The number of rotatable bonds is 5. The molecule has 0 aromatic heterocycles. The highest BCUT2D eigenvalue weighted by atomic mass is 35.5. The molecule has 0 N–H and O–H groups in total. The van der Waals surface area contributed by atoms with Gasteiger partial charge in [0.1, 0.15) is 5.75 Å². The minimum atomic E-state index is -0.0883. The molecule has 0 fully saturated rings. The summed E-state index contributed by atoms with van der Waals surface area (Å²) < 4.78 is 5.51. The van der Waals surface area contributed by atoms with Gasteiger partial charge in [0.15, 0.2) is 12.4 Å². The van der Waals surface area contributed by atoms with Crippen molar-refractivity contribution in [3.05, 3.63) is 63.6 Å². The number of ketones is 1. The monoisotopic (exact) mass is 308 g/mol. The van der Waals surface area contributed by atoms with Gasteiger partial charge in [0, 0.05) is 15.6 Å². The third-order valence-electron chi connectivity index (χ3n) is 2.93. The summed E-state index contributed by atoms with van der Waals surface area (Å²) in [6.45, 7) is 2.01. The fourth-order valence-corrected chi connectivity index (χ4v) is 2.16. The number of hydrogen-bond donors (Lipinski definition) is 0. The van der Waals surface area contributed by atoms with Gasteiger partial charge >= 0.3 is 0 Å². The predicted molar refractivity (Wildman–Crippen MR) is 82.1 cm³/mol. The van der Waals surface area contributed by atoms with E-state index in [1.54, 1.807) is 36.4 Å². The van der Waals surface area contributed by atoms with Gasteiger partial charge in [-0.3, -0.25) is 4.79 Å². The SMILES string of the molecule is CCc1cc(OCC(=O)c2ccc(Cl)cc2)ccc1Cl. The second-order valence-corrected chi connectivity index (χ2v) is 5.17. The Morgan fingerprint density at radius 1 is 1.10 bits per heavy atom. The van der Waals surface area contributed by atoms with Crippen LogP contribution in [0.3, 0.4) is 0 Å². The molecular formula is C16H14Cl2O2. The maximum Gasteiger partial charge on any atom is 0.200 e. The quantitative estimate of drug-likeness (QED) is 0.740. The molecular weight excluding hydrogens is 295 g/mol. The van der Waals surface area contributed by atoms with Crippen molar-refractivity contribution in [1.82, 2.24) is 0 Å². The van der Waals surface area contributed by atoms with Crippen LogP contribution in [0.25, 0.3) is 0 Å². The van der Waals surface area contributed by atoms with Crippen LogP contribution in [0.2, 0.25) is 10.0 Å². The highest BCUT2D eigenvalue weighted by molar-refractivity contribution is 6.31. The molecule has 20 heavy (non-hydrogen) atoms. The van der Waals surface area contributed by atoms with E-state index in [0.29, 0.717) is 21.4 Å². The highest BCUT2D eigenvalue weighted by Crippen LogP contribution is 2.22. The summed E-state index contributed by atoms with van der Waals surface area (Å²) in [5, 5.41) is 1.32. The van der Waals surface area contributed by atoms with Crippen molar-refractivity contribution in [2.45, 2.75) is 13.3 Å². The summed E-state index contributed by atoms with van der Waals surface area (Å²) in [5.41, 5.74) is 1.59. The van der Waals surface area contributed by atoms with Crippen molar-refractivity contribution in [2.75, 3.05) is 6.61 Å². The Kier molecular flexibility index (Phi) is 5.05. The van der Waals surface area contributed by atoms with Crippen LogP contribution in [0.5, 0.6) is 5.75 Å². The van der Waals surface area contributed by atoms with Gasteiger partial charge in [0.2, 0.25) is 0 Å². The molecule has 0 unspecified atom stereocenters. The number of aryl methyl sites for hydroxylation is 1. The van der Waals surface area contributed by atoms with Crippen molar-refractivity contribution in [3.8, 4) is 5.75 Å². The van der Waals surface area contributed by atoms with Crippen LogP contribution >= 0.6 is 23.2 Å². The van der Waals surface area contributed by atoms with Crippen molar-refractivity contribution < 1.29 is 9.53 Å². The average molecular weight is 309 g/mol. The standard InChI is InChI=1S/C16H14Cl2O2/c1-2-11-9-14(7-8-15(11)18)20-10-16(19)12-3-5-13(17)6-4-12/h3-9H,2,10H2,1H3. The molecule has 104 valence electrons. The average Bonchev–Trinajstić information content (AvgIpc) is 2.46. The first-order valence-corrected chi connectivity index (χ1v) is 7.05. The number of hydrogen-bond acceptors (Lipinski definition) is 2. The lowest BCUT2D eigenvalue weighted by Crippen LogP contribution is -2.11. The lowest BCUT2D eigenvalue weighted by Gasteiger charge is -2.08. The summed E-state index contributed by atoms with van der Waals surface area (Å²) in [7, 11) is 0. The van der Waals surface area contributed by atoms with E-state index in [0.717, 1.165) is 12.0 Å². The van der Waals surface area contributed by atoms with E-state index < -0.39 is 0 Å². The number of halogens is 2. The van der Waals surface area contributed by atoms with Crippen LogP contribution in [0.15, 0.2) is 42.5 Å². The molecule has 2 aromatic carbocycles. The van der Waals surface area contributed by atoms with Gasteiger partial charge in [-0.1, -0.05) is 30.1 Å². The molecule has 0 amide bonds. The minimum Gasteiger partial charge on any atom is -0.485 e. The molecule has 0 aliphatic carbocycles. The number of ether oxygens (including phenoxy) is 1. The van der Waals surface area contributed by atoms with E-state index in [1.165, 1.54) is 0 Å². The van der Waals surface area contributed by atoms with Gasteiger partial charge in [-0.05, 0) is 54.4 Å². The van der Waals surface area contributed by atoms with E-state index in [-0.39, 0.29) is 12.4 Å². The van der Waals surface area contributed by atoms with E-state index in [1.807, 2.05) is 13.0 Å². The molecule has 0 aliphatic heterocycles. The topological polar surface area (TPSA) is 26.3 Å². The molecule has 0 bridgehead atoms. The van der Waals surface area contributed by atoms with Crippen molar-refractivity contribution in [1.29, 1.82) is 0 Å². The summed E-state index contributed by atoms with van der Waals surface area (Å²) in [6.07, 6.45) is 0.821. The lowest BCUT2D eigenvalue weighted by molar-refractivity contribution is 0.0921. The molecule has 0 aliphatic rings. The molecule has 4 heteroatoms. The summed E-state index contributed by atoms with van der Waals surface area (Å²) in [4.78, 5) is 12.0. The van der Waals surface area contributed by atoms with Crippen LogP contribution in [-0.2, 0) is 6.42 Å². The smallest absolute Gasteiger partial charge is 0.200 e. The van der Waals surface area contributed by atoms with Crippen molar-refractivity contribution in [3.63, 3.8) is 0 Å². The first kappa shape index (κ1) is 14.9. The van der Waals surface area contributed by atoms with Gasteiger partial charge in [-0.2, -0.15) is 0 Å². The van der Waals surface area contributed by atoms with Gasteiger partial charge in [-0.15, -0.1) is 0 Å². The largest absolute Gasteiger partial charge is 0.485 e. The normalized spacial score (nSPS) is 10.3. The zero-order valence-corrected chi connectivity index (χ0v) is 12.5. The zero-order chi connectivity index (χ0) is 14.5. The Morgan fingerprint density at radius 3 is 2.45 bits per heavy atom. The fraction of sp³-hybridized carbons (Fsp3) is 0.188. The first-order valence-electron chi connectivity index (χ1n) is 6.30. The molecule has 0 saturated carbocycles. The van der Waals surface area contributed by atoms with Crippen molar-refractivity contribution in [2.24, 2.45) is 0 Å². The van der Waals surface area contributed by atoms with E-state index in [4.69, 9.17) is 27.9 Å². The number of benzene rings is 2. The van der Waals surface area contributed by atoms with Crippen LogP contribution in [0.1, 0.15) is 22.8 Å². The Morgan fingerprint density at radius 2 is 1.80 bits per heavy atom.